The third kappa shape index (κ3) is 6.65. The maximum atomic E-state index is 5.78. The Kier molecular flexibility index (Phi) is 9.36. The van der Waals surface area contributed by atoms with Gasteiger partial charge in [-0.3, -0.25) is 4.99 Å². The number of aliphatic imine (C=N–C) groups is 1. The minimum atomic E-state index is 0. The van der Waals surface area contributed by atoms with Crippen molar-refractivity contribution in [3.8, 4) is 0 Å². The Morgan fingerprint density at radius 3 is 2.93 bits per heavy atom. The van der Waals surface area contributed by atoms with Gasteiger partial charge in [-0.15, -0.1) is 24.0 Å². The largest absolute Gasteiger partial charge is 0.374 e. The van der Waals surface area contributed by atoms with Gasteiger partial charge in [-0.1, -0.05) is 18.2 Å². The first-order valence-corrected chi connectivity index (χ1v) is 9.62. The van der Waals surface area contributed by atoms with Gasteiger partial charge in [0.15, 0.2) is 5.96 Å². The predicted octanol–water partition coefficient (Wildman–Crippen LogP) is 2.54. The highest BCUT2D eigenvalue weighted by atomic mass is 127. The number of aryl methyl sites for hydroxylation is 1. The number of nitrogens with zero attached hydrogens (tertiary/aromatic N) is 3. The number of para-hydroxylation sites is 1. The van der Waals surface area contributed by atoms with Crippen LogP contribution in [0.15, 0.2) is 41.5 Å². The van der Waals surface area contributed by atoms with Gasteiger partial charge in [0, 0.05) is 44.4 Å². The third-order valence-electron chi connectivity index (χ3n) is 4.69. The molecule has 150 valence electrons. The van der Waals surface area contributed by atoms with Crippen LogP contribution in [0.3, 0.4) is 0 Å². The number of halogens is 1. The molecule has 3 rings (SSSR count). The van der Waals surface area contributed by atoms with Crippen molar-refractivity contribution < 1.29 is 4.74 Å². The molecule has 1 aliphatic rings. The second-order valence-corrected chi connectivity index (χ2v) is 6.82. The second-order valence-electron chi connectivity index (χ2n) is 6.82. The van der Waals surface area contributed by atoms with Crippen LogP contribution in [0.1, 0.15) is 13.3 Å². The van der Waals surface area contributed by atoms with Gasteiger partial charge in [0.1, 0.15) is 0 Å². The first-order chi connectivity index (χ1) is 12.8. The van der Waals surface area contributed by atoms with Crippen molar-refractivity contribution in [2.75, 3.05) is 46.4 Å². The van der Waals surface area contributed by atoms with Crippen molar-refractivity contribution in [2.24, 2.45) is 4.99 Å². The van der Waals surface area contributed by atoms with Crippen LogP contribution in [0.25, 0.3) is 10.9 Å². The van der Waals surface area contributed by atoms with Gasteiger partial charge < -0.3 is 24.8 Å². The van der Waals surface area contributed by atoms with Gasteiger partial charge >= 0.3 is 0 Å². The van der Waals surface area contributed by atoms with Crippen LogP contribution >= 0.6 is 24.0 Å². The molecule has 2 aromatic rings. The van der Waals surface area contributed by atoms with Gasteiger partial charge in [0.25, 0.3) is 0 Å². The zero-order valence-corrected chi connectivity index (χ0v) is 18.7. The number of hydrogen-bond donors (Lipinski definition) is 2. The van der Waals surface area contributed by atoms with E-state index in [-0.39, 0.29) is 30.1 Å². The highest BCUT2D eigenvalue weighted by molar-refractivity contribution is 14.0. The Balaban J connectivity index is 0.00000261. The molecule has 0 radical (unpaired) electrons. The summed E-state index contributed by atoms with van der Waals surface area (Å²) in [7, 11) is 2.13. The summed E-state index contributed by atoms with van der Waals surface area (Å²) in [5, 5.41) is 8.06. The SMILES string of the molecule is CCNC(=NCC1CN(C)CCO1)NCCCn1ccc2ccccc21.I. The highest BCUT2D eigenvalue weighted by Gasteiger charge is 2.17. The summed E-state index contributed by atoms with van der Waals surface area (Å²) in [4.78, 5) is 6.99. The van der Waals surface area contributed by atoms with Crippen molar-refractivity contribution in [3.05, 3.63) is 36.5 Å². The molecule has 1 fully saturated rings. The molecule has 1 unspecified atom stereocenters. The number of morpholine rings is 1. The van der Waals surface area contributed by atoms with E-state index in [0.29, 0.717) is 6.54 Å². The van der Waals surface area contributed by atoms with E-state index >= 15 is 0 Å². The Labute approximate surface area is 179 Å². The average molecular weight is 485 g/mol. The molecule has 1 aromatic heterocycles. The maximum absolute atomic E-state index is 5.78. The predicted molar refractivity (Wildman–Crippen MR) is 123 cm³/mol. The number of hydrogen-bond acceptors (Lipinski definition) is 3. The van der Waals surface area contributed by atoms with Crippen molar-refractivity contribution in [2.45, 2.75) is 26.0 Å². The average Bonchev–Trinajstić information content (AvgIpc) is 3.06. The van der Waals surface area contributed by atoms with Crippen LogP contribution < -0.4 is 10.6 Å². The number of fused-ring (bicyclic) bond motifs is 1. The van der Waals surface area contributed by atoms with Crippen molar-refractivity contribution in [1.82, 2.24) is 20.1 Å². The molecule has 2 heterocycles. The summed E-state index contributed by atoms with van der Waals surface area (Å²) in [6, 6.07) is 10.7. The topological polar surface area (TPSA) is 53.8 Å². The lowest BCUT2D eigenvalue weighted by Crippen LogP contribution is -2.43. The standard InChI is InChI=1S/C20H31N5O.HI/c1-3-21-20(23-15-18-16-24(2)13-14-26-18)22-10-6-11-25-12-9-17-7-4-5-8-19(17)25;/h4-5,7-9,12,18H,3,6,10-11,13-16H2,1-2H3,(H2,21,22,23);1H. The van der Waals surface area contributed by atoms with Crippen LogP contribution in [-0.2, 0) is 11.3 Å². The Hall–Kier alpha value is -1.32. The van der Waals surface area contributed by atoms with Gasteiger partial charge in [-0.25, -0.2) is 0 Å². The summed E-state index contributed by atoms with van der Waals surface area (Å²) < 4.78 is 8.10. The summed E-state index contributed by atoms with van der Waals surface area (Å²) in [6.45, 7) is 8.29. The second kappa shape index (κ2) is 11.5. The van der Waals surface area contributed by atoms with E-state index in [2.05, 4.69) is 70.6 Å². The molecular formula is C20H32IN5O. The number of aromatic nitrogens is 1. The number of guanidine groups is 1. The Morgan fingerprint density at radius 1 is 1.26 bits per heavy atom. The van der Waals surface area contributed by atoms with E-state index in [1.54, 1.807) is 0 Å². The zero-order valence-electron chi connectivity index (χ0n) is 16.4. The van der Waals surface area contributed by atoms with E-state index in [0.717, 1.165) is 51.7 Å². The van der Waals surface area contributed by atoms with E-state index in [1.165, 1.54) is 10.9 Å². The van der Waals surface area contributed by atoms with Crippen LogP contribution in [0.5, 0.6) is 0 Å². The molecule has 1 aliphatic heterocycles. The molecule has 0 amide bonds. The molecule has 0 spiro atoms. The molecule has 0 bridgehead atoms. The molecule has 7 heteroatoms. The van der Waals surface area contributed by atoms with Crippen molar-refractivity contribution in [1.29, 1.82) is 0 Å². The van der Waals surface area contributed by atoms with Gasteiger partial charge in [0.2, 0.25) is 0 Å². The van der Waals surface area contributed by atoms with Crippen LogP contribution in [0.4, 0.5) is 0 Å². The molecule has 27 heavy (non-hydrogen) atoms. The summed E-state index contributed by atoms with van der Waals surface area (Å²) in [6.07, 6.45) is 3.41. The lowest BCUT2D eigenvalue weighted by Gasteiger charge is -2.29. The minimum Gasteiger partial charge on any atom is -0.374 e. The molecule has 1 atom stereocenters. The highest BCUT2D eigenvalue weighted by Crippen LogP contribution is 2.15. The zero-order chi connectivity index (χ0) is 18.2. The fraction of sp³-hybridized carbons (Fsp3) is 0.550. The molecule has 0 saturated carbocycles. The third-order valence-corrected chi connectivity index (χ3v) is 4.69. The van der Waals surface area contributed by atoms with Crippen LogP contribution in [-0.4, -0.2) is 67.9 Å². The smallest absolute Gasteiger partial charge is 0.191 e. The number of likely N-dealkylation sites (N-methyl/N-ethyl adjacent to an activating group) is 1. The summed E-state index contributed by atoms with van der Waals surface area (Å²) in [5.41, 5.74) is 1.30. The van der Waals surface area contributed by atoms with E-state index in [1.807, 2.05) is 0 Å². The normalized spacial score (nSPS) is 18.3. The number of ether oxygens (including phenoxy) is 1. The minimum absolute atomic E-state index is 0. The summed E-state index contributed by atoms with van der Waals surface area (Å²) in [5.74, 6) is 0.877. The van der Waals surface area contributed by atoms with E-state index < -0.39 is 0 Å². The molecule has 6 nitrogen and oxygen atoms in total. The monoisotopic (exact) mass is 485 g/mol. The fourth-order valence-corrected chi connectivity index (χ4v) is 3.30. The first kappa shape index (κ1) is 22.0. The Morgan fingerprint density at radius 2 is 2.11 bits per heavy atom. The van der Waals surface area contributed by atoms with Gasteiger partial charge in [0.05, 0.1) is 19.3 Å². The lowest BCUT2D eigenvalue weighted by atomic mass is 10.2. The maximum Gasteiger partial charge on any atom is 0.191 e. The summed E-state index contributed by atoms with van der Waals surface area (Å²) >= 11 is 0. The molecular weight excluding hydrogens is 453 g/mol. The molecule has 1 aromatic carbocycles. The first-order valence-electron chi connectivity index (χ1n) is 9.62. The van der Waals surface area contributed by atoms with Crippen molar-refractivity contribution in [3.63, 3.8) is 0 Å². The lowest BCUT2D eigenvalue weighted by molar-refractivity contribution is -0.0136. The van der Waals surface area contributed by atoms with Crippen molar-refractivity contribution >= 4 is 40.8 Å². The number of benzene rings is 1. The number of nitrogens with one attached hydrogen (secondary N) is 2. The molecule has 1 saturated heterocycles. The molecule has 2 N–H and O–H groups in total. The van der Waals surface area contributed by atoms with E-state index in [4.69, 9.17) is 9.73 Å². The quantitative estimate of drug-likeness (QED) is 0.274. The Bertz CT molecular complexity index is 717. The van der Waals surface area contributed by atoms with Gasteiger partial charge in [-0.05, 0) is 37.9 Å². The van der Waals surface area contributed by atoms with E-state index in [9.17, 15) is 0 Å². The fourth-order valence-electron chi connectivity index (χ4n) is 3.30. The molecule has 0 aliphatic carbocycles. The van der Waals surface area contributed by atoms with Crippen LogP contribution in [0, 0.1) is 0 Å². The van der Waals surface area contributed by atoms with Crippen LogP contribution in [0.2, 0.25) is 0 Å². The van der Waals surface area contributed by atoms with Gasteiger partial charge in [-0.2, -0.15) is 0 Å². The number of rotatable bonds is 7.